The first-order valence-electron chi connectivity index (χ1n) is 8.27. The van der Waals surface area contributed by atoms with E-state index in [-0.39, 0.29) is 18.2 Å². The van der Waals surface area contributed by atoms with Gasteiger partial charge in [-0.2, -0.15) is 0 Å². The van der Waals surface area contributed by atoms with Gasteiger partial charge in [-0.15, -0.1) is 0 Å². The van der Waals surface area contributed by atoms with Gasteiger partial charge in [0.05, 0.1) is 17.8 Å². The first-order chi connectivity index (χ1) is 13.9. The Labute approximate surface area is 194 Å². The smallest absolute Gasteiger partial charge is 0.363 e. The number of rotatable bonds is 6. The second-order valence-electron chi connectivity index (χ2n) is 5.74. The largest absolute Gasteiger partial charge is 0.493 e. The molecule has 0 radical (unpaired) electrons. The van der Waals surface area contributed by atoms with Crippen LogP contribution in [0.4, 0.5) is 0 Å². The molecule has 3 rings (SSSR count). The third-order valence-corrected chi connectivity index (χ3v) is 5.35. The number of halogens is 2. The molecule has 9 heteroatoms. The second kappa shape index (κ2) is 9.57. The number of benzene rings is 2. The Hall–Kier alpha value is -2.15. The highest BCUT2D eigenvalue weighted by atomic mass is 127. The molecule has 0 N–H and O–H groups in total. The molecule has 29 heavy (non-hydrogen) atoms. The molecule has 0 aliphatic carbocycles. The summed E-state index contributed by atoms with van der Waals surface area (Å²) in [4.78, 5) is 27.9. The molecule has 0 atom stereocenters. The van der Waals surface area contributed by atoms with Gasteiger partial charge in [-0.25, -0.2) is 14.6 Å². The molecule has 0 fully saturated rings. The number of nitrogens with zero attached hydrogens (tertiary/aromatic N) is 1. The van der Waals surface area contributed by atoms with Gasteiger partial charge in [0.1, 0.15) is 0 Å². The highest BCUT2D eigenvalue weighted by molar-refractivity contribution is 14.1. The summed E-state index contributed by atoms with van der Waals surface area (Å²) in [5.74, 6) is 0.0645. The number of ether oxygens (including phenoxy) is 4. The SMILES string of the molecule is COC(=O)COc1c(I)cc(/C=C2\N=C(c3ccc(I)cc3)OC2=O)cc1OC. The van der Waals surface area contributed by atoms with Gasteiger partial charge in [0.15, 0.2) is 23.8 Å². The van der Waals surface area contributed by atoms with Crippen LogP contribution in [0.3, 0.4) is 0 Å². The van der Waals surface area contributed by atoms with Crippen molar-refractivity contribution in [3.63, 3.8) is 0 Å². The summed E-state index contributed by atoms with van der Waals surface area (Å²) < 4.78 is 22.5. The fourth-order valence-corrected chi connectivity index (χ4v) is 3.58. The van der Waals surface area contributed by atoms with E-state index in [9.17, 15) is 9.59 Å². The van der Waals surface area contributed by atoms with E-state index in [1.54, 1.807) is 18.2 Å². The van der Waals surface area contributed by atoms with Crippen molar-refractivity contribution in [1.29, 1.82) is 0 Å². The van der Waals surface area contributed by atoms with Gasteiger partial charge in [0, 0.05) is 9.13 Å². The molecule has 1 aliphatic rings. The molecule has 1 aliphatic heterocycles. The lowest BCUT2D eigenvalue weighted by Gasteiger charge is -2.12. The molecule has 0 bridgehead atoms. The van der Waals surface area contributed by atoms with Crippen LogP contribution in [-0.2, 0) is 19.1 Å². The molecule has 0 aromatic heterocycles. The lowest BCUT2D eigenvalue weighted by Crippen LogP contribution is -2.13. The minimum absolute atomic E-state index is 0.180. The minimum Gasteiger partial charge on any atom is -0.493 e. The predicted octanol–water partition coefficient (Wildman–Crippen LogP) is 3.80. The van der Waals surface area contributed by atoms with Crippen LogP contribution < -0.4 is 9.47 Å². The number of hydrogen-bond donors (Lipinski definition) is 0. The maximum absolute atomic E-state index is 12.2. The summed E-state index contributed by atoms with van der Waals surface area (Å²) in [6, 6.07) is 11.0. The van der Waals surface area contributed by atoms with Gasteiger partial charge in [0.2, 0.25) is 5.90 Å². The maximum Gasteiger partial charge on any atom is 0.363 e. The van der Waals surface area contributed by atoms with Crippen molar-refractivity contribution in [3.05, 3.63) is 60.4 Å². The molecular formula is C20H15I2NO6. The molecule has 1 heterocycles. The van der Waals surface area contributed by atoms with Gasteiger partial charge < -0.3 is 18.9 Å². The van der Waals surface area contributed by atoms with E-state index in [2.05, 4.69) is 54.9 Å². The Morgan fingerprint density at radius 1 is 1.17 bits per heavy atom. The van der Waals surface area contributed by atoms with Crippen LogP contribution in [0.25, 0.3) is 6.08 Å². The Kier molecular flexibility index (Phi) is 7.11. The number of carbonyl (C=O) groups excluding carboxylic acids is 2. The molecule has 0 saturated carbocycles. The third-order valence-electron chi connectivity index (χ3n) is 3.83. The average molecular weight is 619 g/mol. The fourth-order valence-electron chi connectivity index (χ4n) is 2.44. The van der Waals surface area contributed by atoms with Crippen LogP contribution >= 0.6 is 45.2 Å². The number of cyclic esters (lactones) is 1. The van der Waals surface area contributed by atoms with Crippen LogP contribution in [0.5, 0.6) is 11.5 Å². The van der Waals surface area contributed by atoms with Gasteiger partial charge >= 0.3 is 11.9 Å². The van der Waals surface area contributed by atoms with E-state index in [0.717, 1.165) is 9.13 Å². The highest BCUT2D eigenvalue weighted by Crippen LogP contribution is 2.35. The quantitative estimate of drug-likeness (QED) is 0.278. The van der Waals surface area contributed by atoms with E-state index in [1.807, 2.05) is 24.3 Å². The predicted molar refractivity (Wildman–Crippen MR) is 123 cm³/mol. The van der Waals surface area contributed by atoms with E-state index >= 15 is 0 Å². The zero-order valence-electron chi connectivity index (χ0n) is 15.4. The number of aliphatic imine (C=N–C) groups is 1. The highest BCUT2D eigenvalue weighted by Gasteiger charge is 2.24. The Balaban J connectivity index is 1.89. The molecule has 0 unspecified atom stereocenters. The number of methoxy groups -OCH3 is 2. The van der Waals surface area contributed by atoms with Crippen molar-refractivity contribution in [2.24, 2.45) is 4.99 Å². The van der Waals surface area contributed by atoms with E-state index in [1.165, 1.54) is 14.2 Å². The van der Waals surface area contributed by atoms with Crippen molar-refractivity contribution in [1.82, 2.24) is 0 Å². The molecule has 150 valence electrons. The Bertz CT molecular complexity index is 1010. The zero-order chi connectivity index (χ0) is 21.0. The topological polar surface area (TPSA) is 83.4 Å². The third kappa shape index (κ3) is 5.26. The van der Waals surface area contributed by atoms with Crippen LogP contribution in [-0.4, -0.2) is 38.7 Å². The van der Waals surface area contributed by atoms with Crippen LogP contribution in [0.15, 0.2) is 47.1 Å². The standard InChI is InChI=1S/C20H15I2NO6/c1-26-16-9-11(7-14(22)18(16)28-10-17(24)27-2)8-15-20(25)29-19(23-15)12-3-5-13(21)6-4-12/h3-9H,10H2,1-2H3/b15-8-. The molecule has 2 aromatic rings. The molecule has 0 saturated heterocycles. The number of carbonyl (C=O) groups is 2. The van der Waals surface area contributed by atoms with E-state index in [4.69, 9.17) is 14.2 Å². The van der Waals surface area contributed by atoms with Crippen molar-refractivity contribution in [3.8, 4) is 11.5 Å². The molecule has 0 amide bonds. The fraction of sp³-hybridized carbons (Fsp3) is 0.150. The number of esters is 2. The lowest BCUT2D eigenvalue weighted by atomic mass is 10.1. The van der Waals surface area contributed by atoms with E-state index < -0.39 is 11.9 Å². The van der Waals surface area contributed by atoms with Crippen molar-refractivity contribution in [2.45, 2.75) is 0 Å². The molecular weight excluding hydrogens is 604 g/mol. The first kappa shape index (κ1) is 21.6. The van der Waals surface area contributed by atoms with Gasteiger partial charge in [-0.1, -0.05) is 0 Å². The van der Waals surface area contributed by atoms with Gasteiger partial charge in [-0.3, -0.25) is 0 Å². The normalized spacial score (nSPS) is 14.4. The van der Waals surface area contributed by atoms with Crippen molar-refractivity contribution >= 4 is 69.1 Å². The van der Waals surface area contributed by atoms with Crippen LogP contribution in [0.2, 0.25) is 0 Å². The molecule has 7 nitrogen and oxygen atoms in total. The second-order valence-corrected chi connectivity index (χ2v) is 8.15. The van der Waals surface area contributed by atoms with Crippen molar-refractivity contribution in [2.75, 3.05) is 20.8 Å². The van der Waals surface area contributed by atoms with E-state index in [0.29, 0.717) is 20.6 Å². The Morgan fingerprint density at radius 3 is 2.55 bits per heavy atom. The number of hydrogen-bond acceptors (Lipinski definition) is 7. The lowest BCUT2D eigenvalue weighted by molar-refractivity contribution is -0.143. The monoisotopic (exact) mass is 619 g/mol. The van der Waals surface area contributed by atoms with Crippen molar-refractivity contribution < 1.29 is 28.5 Å². The maximum atomic E-state index is 12.2. The Morgan fingerprint density at radius 2 is 1.90 bits per heavy atom. The van der Waals surface area contributed by atoms with Gasteiger partial charge in [-0.05, 0) is 93.2 Å². The zero-order valence-corrected chi connectivity index (χ0v) is 19.7. The summed E-state index contributed by atoms with van der Waals surface area (Å²) in [5.41, 5.74) is 1.58. The summed E-state index contributed by atoms with van der Waals surface area (Å²) in [6.45, 7) is -0.237. The summed E-state index contributed by atoms with van der Waals surface area (Å²) in [5, 5.41) is 0. The summed E-state index contributed by atoms with van der Waals surface area (Å²) >= 11 is 4.26. The average Bonchev–Trinajstić information content (AvgIpc) is 3.07. The van der Waals surface area contributed by atoms with Gasteiger partial charge in [0.25, 0.3) is 0 Å². The summed E-state index contributed by atoms with van der Waals surface area (Å²) in [7, 11) is 2.78. The van der Waals surface area contributed by atoms with Crippen LogP contribution in [0.1, 0.15) is 11.1 Å². The summed E-state index contributed by atoms with van der Waals surface area (Å²) in [6.07, 6.45) is 1.61. The molecule has 2 aromatic carbocycles. The molecule has 0 spiro atoms. The van der Waals surface area contributed by atoms with Crippen LogP contribution in [0, 0.1) is 7.14 Å². The minimum atomic E-state index is -0.529. The first-order valence-corrected chi connectivity index (χ1v) is 10.4.